The van der Waals surface area contributed by atoms with E-state index in [1.165, 1.54) is 0 Å². The fourth-order valence-electron chi connectivity index (χ4n) is 0.658. The number of rotatable bonds is 5. The molecule has 0 aliphatic rings. The highest BCUT2D eigenvalue weighted by Gasteiger charge is 1.98. The molecular weight excluding hydrogens is 160 g/mol. The molecular formula is C7H14N2OS. The SMILES string of the molecule is CC(CC#N)NCCS(C)=O. The van der Waals surface area contributed by atoms with Crippen LogP contribution in [0.5, 0.6) is 0 Å². The molecule has 0 spiro atoms. The van der Waals surface area contributed by atoms with Crippen LogP contribution in [0.2, 0.25) is 0 Å². The Balaban J connectivity index is 3.25. The van der Waals surface area contributed by atoms with E-state index in [2.05, 4.69) is 11.4 Å². The van der Waals surface area contributed by atoms with Gasteiger partial charge in [0.1, 0.15) is 0 Å². The second-order valence-electron chi connectivity index (χ2n) is 2.49. The molecule has 64 valence electrons. The van der Waals surface area contributed by atoms with Crippen molar-refractivity contribution >= 4 is 10.8 Å². The lowest BCUT2D eigenvalue weighted by molar-refractivity contribution is 0.578. The molecule has 0 rings (SSSR count). The minimum absolute atomic E-state index is 0.212. The molecule has 4 heteroatoms. The van der Waals surface area contributed by atoms with E-state index in [4.69, 9.17) is 5.26 Å². The molecule has 0 saturated carbocycles. The van der Waals surface area contributed by atoms with Crippen LogP contribution in [-0.2, 0) is 10.8 Å². The summed E-state index contributed by atoms with van der Waals surface area (Å²) in [5.74, 6) is 0.662. The Hall–Kier alpha value is -0.400. The largest absolute Gasteiger partial charge is 0.312 e. The first kappa shape index (κ1) is 10.6. The third-order valence-electron chi connectivity index (χ3n) is 1.28. The van der Waals surface area contributed by atoms with Gasteiger partial charge in [0.15, 0.2) is 0 Å². The fraction of sp³-hybridized carbons (Fsp3) is 0.857. The van der Waals surface area contributed by atoms with Crippen molar-refractivity contribution < 1.29 is 4.21 Å². The van der Waals surface area contributed by atoms with Crippen LogP contribution in [0.1, 0.15) is 13.3 Å². The number of nitrogens with one attached hydrogen (secondary N) is 1. The van der Waals surface area contributed by atoms with Gasteiger partial charge in [-0.15, -0.1) is 0 Å². The van der Waals surface area contributed by atoms with E-state index in [1.807, 2.05) is 6.92 Å². The quantitative estimate of drug-likeness (QED) is 0.650. The number of hydrogen-bond donors (Lipinski definition) is 1. The molecule has 0 aromatic carbocycles. The summed E-state index contributed by atoms with van der Waals surface area (Å²) < 4.78 is 10.6. The highest BCUT2D eigenvalue weighted by Crippen LogP contribution is 1.86. The number of hydrogen-bond acceptors (Lipinski definition) is 3. The summed E-state index contributed by atoms with van der Waals surface area (Å²) in [7, 11) is -0.731. The zero-order valence-corrected chi connectivity index (χ0v) is 7.78. The summed E-state index contributed by atoms with van der Waals surface area (Å²) >= 11 is 0. The molecule has 3 nitrogen and oxygen atoms in total. The van der Waals surface area contributed by atoms with Crippen LogP contribution in [0.4, 0.5) is 0 Å². The van der Waals surface area contributed by atoms with Crippen LogP contribution in [0, 0.1) is 11.3 Å². The van der Waals surface area contributed by atoms with Gasteiger partial charge in [0, 0.05) is 35.4 Å². The third kappa shape index (κ3) is 7.50. The van der Waals surface area contributed by atoms with E-state index in [0.717, 1.165) is 6.54 Å². The lowest BCUT2D eigenvalue weighted by Gasteiger charge is -2.07. The monoisotopic (exact) mass is 174 g/mol. The first-order valence-electron chi connectivity index (χ1n) is 3.57. The summed E-state index contributed by atoms with van der Waals surface area (Å²) in [6.45, 7) is 2.67. The fourth-order valence-corrected chi connectivity index (χ4v) is 1.06. The Labute approximate surface area is 70.2 Å². The van der Waals surface area contributed by atoms with Gasteiger partial charge in [0.2, 0.25) is 0 Å². The van der Waals surface area contributed by atoms with Gasteiger partial charge in [0.25, 0.3) is 0 Å². The number of nitriles is 1. The summed E-state index contributed by atoms with van der Waals surface area (Å²) in [5.41, 5.74) is 0. The molecule has 0 amide bonds. The summed E-state index contributed by atoms with van der Waals surface area (Å²) in [6, 6.07) is 2.28. The van der Waals surface area contributed by atoms with E-state index >= 15 is 0 Å². The van der Waals surface area contributed by atoms with Gasteiger partial charge in [-0.05, 0) is 6.92 Å². The van der Waals surface area contributed by atoms with E-state index in [-0.39, 0.29) is 6.04 Å². The van der Waals surface area contributed by atoms with Crippen molar-refractivity contribution in [3.63, 3.8) is 0 Å². The van der Waals surface area contributed by atoms with Gasteiger partial charge in [-0.1, -0.05) is 0 Å². The molecule has 0 fully saturated rings. The average molecular weight is 174 g/mol. The van der Waals surface area contributed by atoms with Crippen molar-refractivity contribution in [1.82, 2.24) is 5.32 Å². The van der Waals surface area contributed by atoms with E-state index in [1.54, 1.807) is 6.26 Å². The summed E-state index contributed by atoms with van der Waals surface area (Å²) in [5, 5.41) is 11.4. The maximum Gasteiger partial charge on any atom is 0.0638 e. The molecule has 1 N–H and O–H groups in total. The van der Waals surface area contributed by atoms with Crippen LogP contribution < -0.4 is 5.32 Å². The van der Waals surface area contributed by atoms with E-state index in [9.17, 15) is 4.21 Å². The average Bonchev–Trinajstić information content (AvgIpc) is 1.87. The zero-order valence-electron chi connectivity index (χ0n) is 6.96. The predicted octanol–water partition coefficient (Wildman–Crippen LogP) is 0.257. The molecule has 0 aliphatic carbocycles. The molecule has 0 heterocycles. The van der Waals surface area contributed by atoms with Crippen LogP contribution >= 0.6 is 0 Å². The Morgan fingerprint density at radius 3 is 2.82 bits per heavy atom. The first-order chi connectivity index (χ1) is 5.16. The second kappa shape index (κ2) is 6.32. The predicted molar refractivity (Wildman–Crippen MR) is 46.6 cm³/mol. The lowest BCUT2D eigenvalue weighted by atomic mass is 10.2. The van der Waals surface area contributed by atoms with Gasteiger partial charge >= 0.3 is 0 Å². The summed E-state index contributed by atoms with van der Waals surface area (Å²) in [6.07, 6.45) is 2.19. The minimum atomic E-state index is -0.731. The molecule has 11 heavy (non-hydrogen) atoms. The lowest BCUT2D eigenvalue weighted by Crippen LogP contribution is -2.29. The Bertz CT molecular complexity index is 164. The normalized spacial score (nSPS) is 15.4. The molecule has 0 aromatic rings. The van der Waals surface area contributed by atoms with Crippen LogP contribution in [0.15, 0.2) is 0 Å². The van der Waals surface area contributed by atoms with Crippen molar-refractivity contribution in [1.29, 1.82) is 5.26 Å². The topological polar surface area (TPSA) is 52.9 Å². The van der Waals surface area contributed by atoms with Gasteiger partial charge in [-0.25, -0.2) is 0 Å². The maximum absolute atomic E-state index is 10.6. The first-order valence-corrected chi connectivity index (χ1v) is 5.30. The second-order valence-corrected chi connectivity index (χ2v) is 4.05. The van der Waals surface area contributed by atoms with Crippen LogP contribution in [0.3, 0.4) is 0 Å². The molecule has 2 atom stereocenters. The number of nitrogens with zero attached hydrogens (tertiary/aromatic N) is 1. The standard InChI is InChI=1S/C7H14N2OS/c1-7(3-4-8)9-5-6-11(2)10/h7,9H,3,5-6H2,1-2H3. The van der Waals surface area contributed by atoms with Crippen molar-refractivity contribution in [3.05, 3.63) is 0 Å². The van der Waals surface area contributed by atoms with Gasteiger partial charge < -0.3 is 5.32 Å². The zero-order chi connectivity index (χ0) is 8.69. The highest BCUT2D eigenvalue weighted by molar-refractivity contribution is 7.84. The van der Waals surface area contributed by atoms with Crippen molar-refractivity contribution in [3.8, 4) is 6.07 Å². The van der Waals surface area contributed by atoms with Crippen LogP contribution in [0.25, 0.3) is 0 Å². The van der Waals surface area contributed by atoms with Gasteiger partial charge in [0.05, 0.1) is 12.5 Å². The van der Waals surface area contributed by atoms with Gasteiger partial charge in [-0.2, -0.15) is 5.26 Å². The third-order valence-corrected chi connectivity index (χ3v) is 2.06. The van der Waals surface area contributed by atoms with Crippen LogP contribution in [-0.4, -0.2) is 28.8 Å². The summed E-state index contributed by atoms with van der Waals surface area (Å²) in [4.78, 5) is 0. The highest BCUT2D eigenvalue weighted by atomic mass is 32.2. The molecule has 0 aliphatic heterocycles. The maximum atomic E-state index is 10.6. The Morgan fingerprint density at radius 1 is 1.73 bits per heavy atom. The van der Waals surface area contributed by atoms with E-state index < -0.39 is 10.8 Å². The molecule has 0 saturated heterocycles. The molecule has 0 aromatic heterocycles. The van der Waals surface area contributed by atoms with Gasteiger partial charge in [-0.3, -0.25) is 4.21 Å². The Kier molecular flexibility index (Phi) is 6.09. The van der Waals surface area contributed by atoms with E-state index in [0.29, 0.717) is 12.2 Å². The van der Waals surface area contributed by atoms with Crippen molar-refractivity contribution in [2.45, 2.75) is 19.4 Å². The molecule has 0 radical (unpaired) electrons. The minimum Gasteiger partial charge on any atom is -0.312 e. The molecule has 0 bridgehead atoms. The smallest absolute Gasteiger partial charge is 0.0638 e. The Morgan fingerprint density at radius 2 is 2.36 bits per heavy atom. The van der Waals surface area contributed by atoms with Crippen molar-refractivity contribution in [2.24, 2.45) is 0 Å². The molecule has 2 unspecified atom stereocenters. The van der Waals surface area contributed by atoms with Crippen molar-refractivity contribution in [2.75, 3.05) is 18.6 Å².